The average Bonchev–Trinajstić information content (AvgIpc) is 2.57. The second kappa shape index (κ2) is 5.93. The van der Waals surface area contributed by atoms with E-state index in [0.717, 1.165) is 16.7 Å². The molecule has 0 aromatic heterocycles. The molecule has 0 atom stereocenters. The average molecular weight is 296 g/mol. The number of esters is 1. The van der Waals surface area contributed by atoms with Gasteiger partial charge < -0.3 is 14.2 Å². The van der Waals surface area contributed by atoms with Crippen LogP contribution in [-0.2, 0) is 16.1 Å². The molecule has 0 N–H and O–H groups in total. The van der Waals surface area contributed by atoms with Crippen molar-refractivity contribution in [2.75, 3.05) is 14.2 Å². The predicted octanol–water partition coefficient (Wildman–Crippen LogP) is 3.30. The summed E-state index contributed by atoms with van der Waals surface area (Å²) in [5, 5.41) is 0. The molecule has 2 aromatic carbocycles. The number of methoxy groups -OCH3 is 2. The van der Waals surface area contributed by atoms with Gasteiger partial charge in [-0.1, -0.05) is 30.3 Å². The molecule has 1 heterocycles. The van der Waals surface area contributed by atoms with Crippen molar-refractivity contribution in [1.82, 2.24) is 0 Å². The van der Waals surface area contributed by atoms with Crippen molar-refractivity contribution in [3.8, 4) is 11.5 Å². The minimum absolute atomic E-state index is 0.237. The summed E-state index contributed by atoms with van der Waals surface area (Å²) < 4.78 is 15.9. The van der Waals surface area contributed by atoms with Gasteiger partial charge in [-0.05, 0) is 29.3 Å². The summed E-state index contributed by atoms with van der Waals surface area (Å²) in [6.07, 6.45) is 1.83. The van der Waals surface area contributed by atoms with Gasteiger partial charge in [0.15, 0.2) is 11.5 Å². The third-order valence-corrected chi connectivity index (χ3v) is 3.59. The Morgan fingerprint density at radius 2 is 1.73 bits per heavy atom. The first-order valence-corrected chi connectivity index (χ1v) is 6.92. The number of carbonyl (C=O) groups is 1. The zero-order valence-corrected chi connectivity index (χ0v) is 12.5. The van der Waals surface area contributed by atoms with Gasteiger partial charge in [-0.15, -0.1) is 0 Å². The number of hydrogen-bond donors (Lipinski definition) is 0. The summed E-state index contributed by atoms with van der Waals surface area (Å²) in [6.45, 7) is 0.237. The van der Waals surface area contributed by atoms with Crippen molar-refractivity contribution in [2.24, 2.45) is 0 Å². The van der Waals surface area contributed by atoms with E-state index in [2.05, 4.69) is 0 Å². The van der Waals surface area contributed by atoms with Gasteiger partial charge in [0.1, 0.15) is 6.61 Å². The molecule has 4 nitrogen and oxygen atoms in total. The van der Waals surface area contributed by atoms with Crippen molar-refractivity contribution in [2.45, 2.75) is 6.61 Å². The molecule has 0 spiro atoms. The van der Waals surface area contributed by atoms with Crippen LogP contribution in [0.1, 0.15) is 16.7 Å². The molecule has 0 bridgehead atoms. The largest absolute Gasteiger partial charge is 0.493 e. The maximum Gasteiger partial charge on any atom is 0.339 e. The van der Waals surface area contributed by atoms with Gasteiger partial charge >= 0.3 is 5.97 Å². The highest BCUT2D eigenvalue weighted by Gasteiger charge is 2.25. The number of benzene rings is 2. The molecule has 4 heteroatoms. The maximum atomic E-state index is 12.2. The van der Waals surface area contributed by atoms with Crippen molar-refractivity contribution >= 4 is 17.6 Å². The second-order valence-corrected chi connectivity index (χ2v) is 4.91. The number of ether oxygens (including phenoxy) is 3. The van der Waals surface area contributed by atoms with Gasteiger partial charge in [-0.2, -0.15) is 0 Å². The first-order valence-electron chi connectivity index (χ1n) is 6.92. The fourth-order valence-corrected chi connectivity index (χ4v) is 2.47. The number of cyclic esters (lactones) is 1. The van der Waals surface area contributed by atoms with Crippen LogP contribution in [0.2, 0.25) is 0 Å². The second-order valence-electron chi connectivity index (χ2n) is 4.91. The lowest BCUT2D eigenvalue weighted by atomic mass is 9.95. The fraction of sp³-hybridized carbons (Fsp3) is 0.167. The first kappa shape index (κ1) is 14.2. The highest BCUT2D eigenvalue weighted by Crippen LogP contribution is 2.37. The van der Waals surface area contributed by atoms with Crippen molar-refractivity contribution < 1.29 is 19.0 Å². The summed E-state index contributed by atoms with van der Waals surface area (Å²) in [5.41, 5.74) is 3.18. The molecule has 112 valence electrons. The zero-order chi connectivity index (χ0) is 15.5. The van der Waals surface area contributed by atoms with E-state index in [1.807, 2.05) is 48.5 Å². The monoisotopic (exact) mass is 296 g/mol. The van der Waals surface area contributed by atoms with E-state index >= 15 is 0 Å². The van der Waals surface area contributed by atoms with Gasteiger partial charge in [0.2, 0.25) is 0 Å². The van der Waals surface area contributed by atoms with Crippen LogP contribution in [0.5, 0.6) is 11.5 Å². The van der Waals surface area contributed by atoms with Gasteiger partial charge in [-0.25, -0.2) is 4.79 Å². The van der Waals surface area contributed by atoms with E-state index in [1.54, 1.807) is 14.2 Å². The van der Waals surface area contributed by atoms with Crippen LogP contribution in [0, 0.1) is 0 Å². The molecule has 0 radical (unpaired) electrons. The molecule has 0 unspecified atom stereocenters. The highest BCUT2D eigenvalue weighted by molar-refractivity contribution is 6.22. The predicted molar refractivity (Wildman–Crippen MR) is 83.7 cm³/mol. The molecule has 2 aromatic rings. The third-order valence-electron chi connectivity index (χ3n) is 3.59. The van der Waals surface area contributed by atoms with Gasteiger partial charge in [0.25, 0.3) is 0 Å². The van der Waals surface area contributed by atoms with E-state index in [4.69, 9.17) is 14.2 Å². The van der Waals surface area contributed by atoms with Crippen molar-refractivity contribution in [3.63, 3.8) is 0 Å². The minimum atomic E-state index is -0.330. The zero-order valence-electron chi connectivity index (χ0n) is 12.5. The Bertz CT molecular complexity index is 732. The summed E-state index contributed by atoms with van der Waals surface area (Å²) >= 11 is 0. The fourth-order valence-electron chi connectivity index (χ4n) is 2.47. The Kier molecular flexibility index (Phi) is 3.83. The lowest BCUT2D eigenvalue weighted by Gasteiger charge is -2.21. The molecule has 0 saturated heterocycles. The Labute approximate surface area is 128 Å². The van der Waals surface area contributed by atoms with Crippen LogP contribution in [0.25, 0.3) is 11.6 Å². The SMILES string of the molecule is COc1cc2c(cc1OC)/C(=C/c1ccccc1)C(=O)OC2. The summed E-state index contributed by atoms with van der Waals surface area (Å²) in [5.74, 6) is 0.886. The number of hydrogen-bond acceptors (Lipinski definition) is 4. The van der Waals surface area contributed by atoms with Crippen molar-refractivity contribution in [3.05, 3.63) is 59.2 Å². The first-order chi connectivity index (χ1) is 10.7. The maximum absolute atomic E-state index is 12.2. The van der Waals surface area contributed by atoms with Gasteiger partial charge in [0.05, 0.1) is 19.8 Å². The Morgan fingerprint density at radius 3 is 2.41 bits per heavy atom. The van der Waals surface area contributed by atoms with Crippen LogP contribution < -0.4 is 9.47 Å². The standard InChI is InChI=1S/C18H16O4/c1-20-16-9-13-11-22-18(19)15(14(13)10-17(16)21-2)8-12-6-4-3-5-7-12/h3-10H,11H2,1-2H3/b15-8-. The smallest absolute Gasteiger partial charge is 0.339 e. The normalized spacial score (nSPS) is 15.2. The highest BCUT2D eigenvalue weighted by atomic mass is 16.5. The number of carbonyl (C=O) groups excluding carboxylic acids is 1. The van der Waals surface area contributed by atoms with E-state index in [0.29, 0.717) is 17.1 Å². The summed E-state index contributed by atoms with van der Waals surface area (Å²) in [7, 11) is 3.16. The van der Waals surface area contributed by atoms with Crippen LogP contribution in [0.15, 0.2) is 42.5 Å². The van der Waals surface area contributed by atoms with E-state index < -0.39 is 0 Å². The molecule has 0 saturated carbocycles. The quantitative estimate of drug-likeness (QED) is 0.644. The molecule has 0 amide bonds. The minimum Gasteiger partial charge on any atom is -0.493 e. The van der Waals surface area contributed by atoms with Gasteiger partial charge in [0, 0.05) is 5.56 Å². The lowest BCUT2D eigenvalue weighted by molar-refractivity contribution is -0.138. The van der Waals surface area contributed by atoms with Crippen molar-refractivity contribution in [1.29, 1.82) is 0 Å². The van der Waals surface area contributed by atoms with E-state index in [9.17, 15) is 4.79 Å². The van der Waals surface area contributed by atoms with E-state index in [-0.39, 0.29) is 12.6 Å². The Hall–Kier alpha value is -2.75. The number of rotatable bonds is 3. The molecule has 0 fully saturated rings. The van der Waals surface area contributed by atoms with Gasteiger partial charge in [-0.3, -0.25) is 0 Å². The summed E-state index contributed by atoms with van der Waals surface area (Å²) in [6, 6.07) is 13.3. The lowest BCUT2D eigenvalue weighted by Crippen LogP contribution is -2.15. The molecule has 0 aliphatic carbocycles. The third kappa shape index (κ3) is 2.55. The molecule has 1 aliphatic heterocycles. The molecule has 22 heavy (non-hydrogen) atoms. The summed E-state index contributed by atoms with van der Waals surface area (Å²) in [4.78, 5) is 12.2. The molecule has 1 aliphatic rings. The van der Waals surface area contributed by atoms with E-state index in [1.165, 1.54) is 0 Å². The van der Waals surface area contributed by atoms with Crippen LogP contribution in [0.4, 0.5) is 0 Å². The Morgan fingerprint density at radius 1 is 1.05 bits per heavy atom. The van der Waals surface area contributed by atoms with Crippen LogP contribution in [-0.4, -0.2) is 20.2 Å². The van der Waals surface area contributed by atoms with Crippen LogP contribution in [0.3, 0.4) is 0 Å². The Balaban J connectivity index is 2.14. The number of fused-ring (bicyclic) bond motifs is 1. The topological polar surface area (TPSA) is 44.8 Å². The molecular formula is C18H16O4. The molecule has 3 rings (SSSR count). The van der Waals surface area contributed by atoms with Crippen LogP contribution >= 0.6 is 0 Å². The molecular weight excluding hydrogens is 280 g/mol.